The Balaban J connectivity index is 2.39. The molecule has 0 saturated heterocycles. The molecule has 16 heavy (non-hydrogen) atoms. The largest absolute Gasteiger partial charge is 0.383 e. The number of nitrogens with one attached hydrogen (secondary N) is 1. The molecule has 0 aromatic heterocycles. The molecular formula is C13H28N2O. The van der Waals surface area contributed by atoms with Gasteiger partial charge in [-0.2, -0.15) is 0 Å². The Kier molecular flexibility index (Phi) is 5.73. The van der Waals surface area contributed by atoms with Gasteiger partial charge in [-0.05, 0) is 39.3 Å². The molecule has 1 N–H and O–H groups in total. The van der Waals surface area contributed by atoms with E-state index in [1.54, 1.807) is 7.11 Å². The Labute approximate surface area is 101 Å². The summed E-state index contributed by atoms with van der Waals surface area (Å²) in [6, 6.07) is 0.463. The molecule has 1 atom stereocenters. The minimum Gasteiger partial charge on any atom is -0.383 e. The normalized spacial score (nSPS) is 21.6. The summed E-state index contributed by atoms with van der Waals surface area (Å²) in [4.78, 5) is 2.33. The molecule has 3 heteroatoms. The van der Waals surface area contributed by atoms with Crippen molar-refractivity contribution in [2.75, 3.05) is 40.9 Å². The fraction of sp³-hybridized carbons (Fsp3) is 1.00. The van der Waals surface area contributed by atoms with E-state index in [0.29, 0.717) is 11.5 Å². The molecule has 1 aliphatic rings. The molecule has 1 fully saturated rings. The van der Waals surface area contributed by atoms with Gasteiger partial charge in [-0.3, -0.25) is 0 Å². The zero-order valence-electron chi connectivity index (χ0n) is 11.4. The summed E-state index contributed by atoms with van der Waals surface area (Å²) in [6.07, 6.45) is 5.54. The summed E-state index contributed by atoms with van der Waals surface area (Å²) < 4.78 is 5.16. The maximum Gasteiger partial charge on any atom is 0.0613 e. The van der Waals surface area contributed by atoms with Crippen molar-refractivity contribution < 1.29 is 4.74 Å². The molecule has 0 bridgehead atoms. The first-order chi connectivity index (χ1) is 7.58. The molecule has 0 heterocycles. The maximum atomic E-state index is 5.16. The third-order valence-corrected chi connectivity index (χ3v) is 3.56. The van der Waals surface area contributed by atoms with Crippen LogP contribution in [0.1, 0.15) is 32.6 Å². The van der Waals surface area contributed by atoms with E-state index in [1.165, 1.54) is 32.2 Å². The second kappa shape index (κ2) is 6.58. The molecule has 1 rings (SSSR count). The van der Waals surface area contributed by atoms with Crippen molar-refractivity contribution in [3.63, 3.8) is 0 Å². The highest BCUT2D eigenvalue weighted by atomic mass is 16.5. The fourth-order valence-corrected chi connectivity index (χ4v) is 2.89. The third-order valence-electron chi connectivity index (χ3n) is 3.56. The third kappa shape index (κ3) is 4.40. The van der Waals surface area contributed by atoms with Crippen LogP contribution in [0, 0.1) is 5.41 Å². The van der Waals surface area contributed by atoms with Crippen LogP contribution in [0.25, 0.3) is 0 Å². The van der Waals surface area contributed by atoms with E-state index in [9.17, 15) is 0 Å². The molecule has 1 aliphatic carbocycles. The predicted octanol–water partition coefficient (Wildman–Crippen LogP) is 1.73. The van der Waals surface area contributed by atoms with Crippen LogP contribution in [0.5, 0.6) is 0 Å². The Morgan fingerprint density at radius 2 is 1.94 bits per heavy atom. The van der Waals surface area contributed by atoms with Gasteiger partial charge >= 0.3 is 0 Å². The lowest BCUT2D eigenvalue weighted by Crippen LogP contribution is -2.44. The quantitative estimate of drug-likeness (QED) is 0.718. The van der Waals surface area contributed by atoms with Gasteiger partial charge in [0.05, 0.1) is 6.61 Å². The molecule has 1 saturated carbocycles. The molecule has 0 amide bonds. The van der Waals surface area contributed by atoms with Gasteiger partial charge in [0, 0.05) is 26.2 Å². The Morgan fingerprint density at radius 3 is 2.44 bits per heavy atom. The molecule has 0 aromatic carbocycles. The first-order valence-electron chi connectivity index (χ1n) is 6.45. The van der Waals surface area contributed by atoms with Crippen molar-refractivity contribution in [3.8, 4) is 0 Å². The number of hydrogen-bond acceptors (Lipinski definition) is 3. The van der Waals surface area contributed by atoms with Gasteiger partial charge < -0.3 is 15.0 Å². The number of ether oxygens (including phenoxy) is 1. The monoisotopic (exact) mass is 228 g/mol. The number of methoxy groups -OCH3 is 1. The first-order valence-corrected chi connectivity index (χ1v) is 6.45. The topological polar surface area (TPSA) is 24.5 Å². The first kappa shape index (κ1) is 13.9. The van der Waals surface area contributed by atoms with Gasteiger partial charge in [0.2, 0.25) is 0 Å². The molecule has 0 radical (unpaired) electrons. The lowest BCUT2D eigenvalue weighted by atomic mass is 9.85. The van der Waals surface area contributed by atoms with Crippen molar-refractivity contribution in [1.29, 1.82) is 0 Å². The summed E-state index contributed by atoms with van der Waals surface area (Å²) in [6.45, 7) is 5.34. The molecule has 3 nitrogen and oxygen atoms in total. The van der Waals surface area contributed by atoms with Crippen LogP contribution < -0.4 is 5.32 Å². The SMILES string of the molecule is COCC(C)NCC1(CN(C)C)CCCC1. The van der Waals surface area contributed by atoms with Crippen LogP contribution in [0.2, 0.25) is 0 Å². The average molecular weight is 228 g/mol. The molecule has 96 valence electrons. The zero-order chi connectivity index (χ0) is 12.0. The minimum absolute atomic E-state index is 0.463. The Bertz CT molecular complexity index is 188. The van der Waals surface area contributed by atoms with E-state index in [2.05, 4.69) is 31.2 Å². The second-order valence-corrected chi connectivity index (χ2v) is 5.68. The zero-order valence-corrected chi connectivity index (χ0v) is 11.4. The Morgan fingerprint density at radius 1 is 1.31 bits per heavy atom. The van der Waals surface area contributed by atoms with Gasteiger partial charge in [0.1, 0.15) is 0 Å². The number of hydrogen-bond donors (Lipinski definition) is 1. The summed E-state index contributed by atoms with van der Waals surface area (Å²) in [7, 11) is 6.13. The molecule has 0 aliphatic heterocycles. The van der Waals surface area contributed by atoms with Crippen molar-refractivity contribution >= 4 is 0 Å². The summed E-state index contributed by atoms with van der Waals surface area (Å²) in [5, 5.41) is 3.62. The van der Waals surface area contributed by atoms with Gasteiger partial charge in [-0.15, -0.1) is 0 Å². The lowest BCUT2D eigenvalue weighted by Gasteiger charge is -2.33. The van der Waals surface area contributed by atoms with Gasteiger partial charge in [0.15, 0.2) is 0 Å². The van der Waals surface area contributed by atoms with Crippen LogP contribution in [0.15, 0.2) is 0 Å². The molecule has 1 unspecified atom stereocenters. The van der Waals surface area contributed by atoms with Gasteiger partial charge in [0.25, 0.3) is 0 Å². The van der Waals surface area contributed by atoms with Crippen LogP contribution in [-0.4, -0.2) is 51.8 Å². The highest BCUT2D eigenvalue weighted by molar-refractivity contribution is 4.89. The standard InChI is InChI=1S/C13H28N2O/c1-12(9-16-4)14-10-13(11-15(2)3)7-5-6-8-13/h12,14H,5-11H2,1-4H3. The van der Waals surface area contributed by atoms with E-state index in [1.807, 2.05) is 0 Å². The molecule has 0 aromatic rings. The van der Waals surface area contributed by atoms with Crippen LogP contribution in [0.3, 0.4) is 0 Å². The second-order valence-electron chi connectivity index (χ2n) is 5.68. The summed E-state index contributed by atoms with van der Waals surface area (Å²) >= 11 is 0. The van der Waals surface area contributed by atoms with E-state index < -0.39 is 0 Å². The van der Waals surface area contributed by atoms with Crippen LogP contribution in [0.4, 0.5) is 0 Å². The van der Waals surface area contributed by atoms with Crippen LogP contribution in [-0.2, 0) is 4.74 Å². The minimum atomic E-state index is 0.463. The highest BCUT2D eigenvalue weighted by Gasteiger charge is 2.34. The molecule has 0 spiro atoms. The van der Waals surface area contributed by atoms with E-state index in [0.717, 1.165) is 13.2 Å². The predicted molar refractivity (Wildman–Crippen MR) is 68.8 cm³/mol. The number of rotatable bonds is 7. The lowest BCUT2D eigenvalue weighted by molar-refractivity contribution is 0.148. The number of nitrogens with zero attached hydrogens (tertiary/aromatic N) is 1. The van der Waals surface area contributed by atoms with Crippen molar-refractivity contribution in [2.45, 2.75) is 38.6 Å². The highest BCUT2D eigenvalue weighted by Crippen LogP contribution is 2.37. The van der Waals surface area contributed by atoms with Gasteiger partial charge in [-0.25, -0.2) is 0 Å². The smallest absolute Gasteiger partial charge is 0.0613 e. The van der Waals surface area contributed by atoms with Crippen molar-refractivity contribution in [2.24, 2.45) is 5.41 Å². The fourth-order valence-electron chi connectivity index (χ4n) is 2.89. The summed E-state index contributed by atoms with van der Waals surface area (Å²) in [5.74, 6) is 0. The Hall–Kier alpha value is -0.120. The van der Waals surface area contributed by atoms with Crippen molar-refractivity contribution in [1.82, 2.24) is 10.2 Å². The van der Waals surface area contributed by atoms with E-state index >= 15 is 0 Å². The van der Waals surface area contributed by atoms with Gasteiger partial charge in [-0.1, -0.05) is 12.8 Å². The van der Waals surface area contributed by atoms with Crippen molar-refractivity contribution in [3.05, 3.63) is 0 Å². The molecular weight excluding hydrogens is 200 g/mol. The average Bonchev–Trinajstić information content (AvgIpc) is 2.64. The maximum absolute atomic E-state index is 5.16. The van der Waals surface area contributed by atoms with E-state index in [4.69, 9.17) is 4.74 Å². The van der Waals surface area contributed by atoms with E-state index in [-0.39, 0.29) is 0 Å². The van der Waals surface area contributed by atoms with Crippen LogP contribution >= 0.6 is 0 Å². The summed E-state index contributed by atoms with van der Waals surface area (Å²) in [5.41, 5.74) is 0.505.